The highest BCUT2D eigenvalue weighted by Gasteiger charge is 2.39. The average Bonchev–Trinajstić information content (AvgIpc) is 3.06. The summed E-state index contributed by atoms with van der Waals surface area (Å²) in [4.78, 5) is 104. The minimum atomic E-state index is -5.22. The fourth-order valence-electron chi connectivity index (χ4n) is 4.51. The zero-order valence-electron chi connectivity index (χ0n) is 27.9. The number of carboxylic acids is 1. The number of nitrogens with two attached hydrogens (primary N) is 1. The van der Waals surface area contributed by atoms with Crippen molar-refractivity contribution in [3.63, 3.8) is 0 Å². The lowest BCUT2D eigenvalue weighted by molar-refractivity contribution is -0.171. The van der Waals surface area contributed by atoms with Crippen molar-refractivity contribution in [3.05, 3.63) is 47.7 Å². The van der Waals surface area contributed by atoms with Crippen LogP contribution in [0.2, 0.25) is 0 Å². The van der Waals surface area contributed by atoms with Gasteiger partial charge in [-0.15, -0.1) is 0 Å². The smallest absolute Gasteiger partial charge is 0.471 e. The first-order chi connectivity index (χ1) is 24.5. The molecular formula is C31H40F3N9O9. The van der Waals surface area contributed by atoms with Gasteiger partial charge in [0.1, 0.15) is 23.8 Å². The highest BCUT2D eigenvalue weighted by atomic mass is 19.4. The molecule has 3 atom stereocenters. The molecule has 284 valence electrons. The number of halogens is 3. The maximum absolute atomic E-state index is 13.7. The molecule has 1 fully saturated rings. The van der Waals surface area contributed by atoms with Gasteiger partial charge in [-0.05, 0) is 31.2 Å². The molecule has 0 saturated carbocycles. The predicted molar refractivity (Wildman–Crippen MR) is 175 cm³/mol. The van der Waals surface area contributed by atoms with Gasteiger partial charge >= 0.3 is 18.1 Å². The summed E-state index contributed by atoms with van der Waals surface area (Å²) in [5.74, 6) is -9.85. The monoisotopic (exact) mass is 739 g/mol. The van der Waals surface area contributed by atoms with Crippen molar-refractivity contribution < 1.29 is 56.6 Å². The van der Waals surface area contributed by atoms with Gasteiger partial charge in [-0.3, -0.25) is 48.7 Å². The number of guanidine groups is 1. The zero-order chi connectivity index (χ0) is 38.8. The topological polar surface area (TPSA) is 279 Å². The minimum Gasteiger partial charge on any atom is -0.481 e. The predicted octanol–water partition coefficient (Wildman–Crippen LogP) is -2.02. The molecule has 0 spiro atoms. The molecule has 21 heteroatoms. The summed E-state index contributed by atoms with van der Waals surface area (Å²) in [6, 6.07) is 3.83. The maximum atomic E-state index is 13.7. The third-order valence-corrected chi connectivity index (χ3v) is 7.03. The van der Waals surface area contributed by atoms with Gasteiger partial charge in [0.2, 0.25) is 29.5 Å². The van der Waals surface area contributed by atoms with Crippen LogP contribution in [0.1, 0.15) is 44.6 Å². The van der Waals surface area contributed by atoms with E-state index in [1.807, 2.05) is 0 Å². The largest absolute Gasteiger partial charge is 0.481 e. The molecule has 0 bridgehead atoms. The number of unbranched alkanes of at least 4 members (excludes halogenated alkanes) is 1. The lowest BCUT2D eigenvalue weighted by Crippen LogP contribution is -2.55. The number of amides is 7. The molecular weight excluding hydrogens is 699 g/mol. The Balaban J connectivity index is 2.44. The second-order valence-corrected chi connectivity index (χ2v) is 11.3. The number of hydrogen-bond donors (Lipinski definition) is 9. The summed E-state index contributed by atoms with van der Waals surface area (Å²) in [6.07, 6.45) is -4.82. The van der Waals surface area contributed by atoms with Crippen LogP contribution in [-0.4, -0.2) is 102 Å². The van der Waals surface area contributed by atoms with Crippen LogP contribution in [0.15, 0.2) is 47.1 Å². The van der Waals surface area contributed by atoms with E-state index in [0.29, 0.717) is 12.0 Å². The number of carboxylic acid groups (broad SMARTS) is 1. The molecule has 7 amide bonds. The third-order valence-electron chi connectivity index (χ3n) is 7.03. The summed E-state index contributed by atoms with van der Waals surface area (Å²) in [5.41, 5.74) is 5.54. The van der Waals surface area contributed by atoms with E-state index < -0.39 is 84.6 Å². The quantitative estimate of drug-likeness (QED) is 0.0491. The Hall–Kier alpha value is -6.02. The van der Waals surface area contributed by atoms with E-state index in [1.165, 1.54) is 18.3 Å². The molecule has 0 radical (unpaired) electrons. The van der Waals surface area contributed by atoms with Crippen molar-refractivity contribution >= 4 is 53.3 Å². The van der Waals surface area contributed by atoms with E-state index in [-0.39, 0.29) is 50.4 Å². The molecule has 1 aromatic carbocycles. The molecule has 0 aliphatic carbocycles. The van der Waals surface area contributed by atoms with Gasteiger partial charge in [-0.2, -0.15) is 13.2 Å². The second kappa shape index (κ2) is 20.6. The van der Waals surface area contributed by atoms with Gasteiger partial charge in [0.05, 0.1) is 13.0 Å². The lowest BCUT2D eigenvalue weighted by atomic mass is 10.0. The van der Waals surface area contributed by atoms with Crippen LogP contribution < -0.4 is 43.0 Å². The zero-order valence-corrected chi connectivity index (χ0v) is 27.9. The first kappa shape index (κ1) is 42.1. The van der Waals surface area contributed by atoms with Crippen molar-refractivity contribution in [1.82, 2.24) is 37.2 Å². The van der Waals surface area contributed by atoms with Crippen molar-refractivity contribution in [3.8, 4) is 0 Å². The lowest BCUT2D eigenvalue weighted by Gasteiger charge is -2.23. The highest BCUT2D eigenvalue weighted by Crippen LogP contribution is 2.14. The Morgan fingerprint density at radius 1 is 0.962 bits per heavy atom. The molecule has 10 N–H and O–H groups in total. The Morgan fingerprint density at radius 3 is 2.29 bits per heavy atom. The fourth-order valence-corrected chi connectivity index (χ4v) is 4.51. The third kappa shape index (κ3) is 15.7. The van der Waals surface area contributed by atoms with Crippen LogP contribution in [-0.2, 0) is 44.8 Å². The highest BCUT2D eigenvalue weighted by molar-refractivity contribution is 6.02. The number of carbonyl (C=O) groups excluding carboxylic acids is 7. The van der Waals surface area contributed by atoms with Crippen LogP contribution in [0.4, 0.5) is 13.2 Å². The Morgan fingerprint density at radius 2 is 1.65 bits per heavy atom. The number of aliphatic imine (C=N–C) groups is 1. The molecule has 52 heavy (non-hydrogen) atoms. The van der Waals surface area contributed by atoms with Crippen molar-refractivity contribution in [2.24, 2.45) is 10.7 Å². The van der Waals surface area contributed by atoms with Gasteiger partial charge in [-0.25, -0.2) is 0 Å². The molecule has 2 rings (SSSR count). The first-order valence-electron chi connectivity index (χ1n) is 15.8. The average molecular weight is 740 g/mol. The summed E-state index contributed by atoms with van der Waals surface area (Å²) in [5, 5.41) is 25.1. The Labute approximate surface area is 295 Å². The number of aliphatic carboxylic acids is 1. The minimum absolute atomic E-state index is 0.104. The SMILES string of the molecule is CC(=O)NCCC/C=C1/NC(=O)[C@@H](Cc2ccccc2)NC(=O)[C@H](CC(=O)O)NC(=O)CNC(=O)[C@H](CCCN=C(N)NC(=O)C(F)(F)F)NC1=O. The molecule has 1 heterocycles. The molecule has 0 aromatic heterocycles. The molecule has 1 aliphatic heterocycles. The molecule has 1 aromatic rings. The van der Waals surface area contributed by atoms with Gasteiger partial charge in [0.25, 0.3) is 5.91 Å². The van der Waals surface area contributed by atoms with Crippen molar-refractivity contribution in [2.75, 3.05) is 19.6 Å². The van der Waals surface area contributed by atoms with Gasteiger partial charge in [0, 0.05) is 26.4 Å². The van der Waals surface area contributed by atoms with Gasteiger partial charge in [0.15, 0.2) is 5.96 Å². The number of allylic oxidation sites excluding steroid dienone is 1. The fraction of sp³-hybridized carbons (Fsp3) is 0.452. The normalized spacial score (nSPS) is 20.2. The summed E-state index contributed by atoms with van der Waals surface area (Å²) >= 11 is 0. The standard InChI is InChI=1S/C31H40F3N9O9/c1-17(44)36-12-6-5-10-20-26(49)40-19(11-7-13-37-30(35)43-29(52)31(32,33)34)25(48)38-16-23(45)39-22(15-24(46)47)28(51)42-21(27(50)41-20)14-18-8-3-2-4-9-18/h2-4,8-10,19,21-22H,5-7,11-16H2,1H3,(H,36,44)(H,38,48)(H,39,45)(H,40,49)(H,41,50)(H,42,51)(H,46,47)(H3,35,37,43,52)/b20-10+/t19-,21+,22-/m0/s1. The first-order valence-corrected chi connectivity index (χ1v) is 15.8. The number of carbonyl (C=O) groups is 8. The molecule has 1 aliphatic rings. The number of nitrogens with one attached hydrogen (secondary N) is 7. The Kier molecular flexibility index (Phi) is 16.7. The van der Waals surface area contributed by atoms with E-state index in [4.69, 9.17) is 5.73 Å². The number of rotatable bonds is 12. The van der Waals surface area contributed by atoms with E-state index in [2.05, 4.69) is 36.9 Å². The van der Waals surface area contributed by atoms with Crippen molar-refractivity contribution in [1.29, 1.82) is 0 Å². The molecule has 1 saturated heterocycles. The van der Waals surface area contributed by atoms with Crippen LogP contribution in [0.3, 0.4) is 0 Å². The number of nitrogens with zero attached hydrogens (tertiary/aromatic N) is 1. The molecule has 0 unspecified atom stereocenters. The Bertz CT molecular complexity index is 1550. The summed E-state index contributed by atoms with van der Waals surface area (Å²) < 4.78 is 37.5. The van der Waals surface area contributed by atoms with Gasteiger partial charge < -0.3 is 42.7 Å². The number of hydrogen-bond acceptors (Lipinski definition) is 9. The van der Waals surface area contributed by atoms with E-state index >= 15 is 0 Å². The number of alkyl halides is 3. The summed E-state index contributed by atoms with van der Waals surface area (Å²) in [6.45, 7) is 0.421. The van der Waals surface area contributed by atoms with Crippen molar-refractivity contribution in [2.45, 2.75) is 69.8 Å². The van der Waals surface area contributed by atoms with E-state index in [9.17, 15) is 56.6 Å². The maximum Gasteiger partial charge on any atom is 0.471 e. The van der Waals surface area contributed by atoms with Crippen LogP contribution in [0.5, 0.6) is 0 Å². The van der Waals surface area contributed by atoms with Crippen LogP contribution in [0, 0.1) is 0 Å². The number of benzene rings is 1. The molecule has 18 nitrogen and oxygen atoms in total. The van der Waals surface area contributed by atoms with E-state index in [0.717, 1.165) is 0 Å². The van der Waals surface area contributed by atoms with Gasteiger partial charge in [-0.1, -0.05) is 36.4 Å². The summed E-state index contributed by atoms with van der Waals surface area (Å²) in [7, 11) is 0. The van der Waals surface area contributed by atoms with Crippen LogP contribution >= 0.6 is 0 Å². The second-order valence-electron chi connectivity index (χ2n) is 11.3. The van der Waals surface area contributed by atoms with Crippen LogP contribution in [0.25, 0.3) is 0 Å². The van der Waals surface area contributed by atoms with E-state index in [1.54, 1.807) is 30.3 Å².